The fourth-order valence-corrected chi connectivity index (χ4v) is 3.29. The number of hydrogen-bond donors (Lipinski definition) is 2. The molecule has 0 aromatic rings. The molecule has 1 atom stereocenters. The van der Waals surface area contributed by atoms with Gasteiger partial charge in [0, 0.05) is 23.5 Å². The molecule has 1 aliphatic carbocycles. The van der Waals surface area contributed by atoms with Gasteiger partial charge < -0.3 is 0 Å². The third-order valence-corrected chi connectivity index (χ3v) is 4.38. The zero-order chi connectivity index (χ0) is 12.0. The van der Waals surface area contributed by atoms with E-state index in [0.717, 1.165) is 0 Å². The van der Waals surface area contributed by atoms with Gasteiger partial charge in [0.2, 0.25) is 0 Å². The van der Waals surface area contributed by atoms with Gasteiger partial charge in [0.15, 0.2) is 0 Å². The Morgan fingerprint density at radius 3 is 2.44 bits per heavy atom. The van der Waals surface area contributed by atoms with Crippen molar-refractivity contribution in [3.63, 3.8) is 0 Å². The van der Waals surface area contributed by atoms with Crippen LogP contribution in [0.2, 0.25) is 0 Å². The molecule has 1 saturated carbocycles. The van der Waals surface area contributed by atoms with Crippen LogP contribution in [-0.2, 0) is 0 Å². The van der Waals surface area contributed by atoms with E-state index in [1.54, 1.807) is 11.8 Å². The molecule has 0 aromatic heterocycles. The molecule has 0 aliphatic heterocycles. The number of nitrogens with one attached hydrogen (secondary N) is 1. The van der Waals surface area contributed by atoms with Gasteiger partial charge >= 0.3 is 6.18 Å². The minimum Gasteiger partial charge on any atom is -0.271 e. The van der Waals surface area contributed by atoms with Gasteiger partial charge in [0.05, 0.1) is 0 Å². The third kappa shape index (κ3) is 5.96. The molecule has 96 valence electrons. The van der Waals surface area contributed by atoms with E-state index in [1.807, 2.05) is 0 Å². The normalized spacial score (nSPS) is 20.2. The second-order valence-electron chi connectivity index (χ2n) is 4.26. The Morgan fingerprint density at radius 1 is 1.31 bits per heavy atom. The lowest BCUT2D eigenvalue weighted by Gasteiger charge is -2.18. The predicted octanol–water partition coefficient (Wildman–Crippen LogP) is 2.84. The fourth-order valence-electron chi connectivity index (χ4n) is 1.86. The zero-order valence-electron chi connectivity index (χ0n) is 9.22. The van der Waals surface area contributed by atoms with E-state index in [-0.39, 0.29) is 12.5 Å². The molecule has 1 unspecified atom stereocenters. The first-order valence-electron chi connectivity index (χ1n) is 5.66. The summed E-state index contributed by atoms with van der Waals surface area (Å²) >= 11 is 1.76. The van der Waals surface area contributed by atoms with Crippen molar-refractivity contribution >= 4 is 11.8 Å². The molecular weight excluding hydrogens is 237 g/mol. The average molecular weight is 256 g/mol. The molecule has 1 rings (SSSR count). The van der Waals surface area contributed by atoms with Crippen LogP contribution >= 0.6 is 11.8 Å². The zero-order valence-corrected chi connectivity index (χ0v) is 10.0. The molecule has 0 radical (unpaired) electrons. The van der Waals surface area contributed by atoms with Gasteiger partial charge in [0.25, 0.3) is 0 Å². The summed E-state index contributed by atoms with van der Waals surface area (Å²) in [5.74, 6) is 5.93. The van der Waals surface area contributed by atoms with Crippen LogP contribution in [0.5, 0.6) is 0 Å². The summed E-state index contributed by atoms with van der Waals surface area (Å²) < 4.78 is 36.1. The van der Waals surface area contributed by atoms with Crippen molar-refractivity contribution in [1.29, 1.82) is 0 Å². The average Bonchev–Trinajstić information content (AvgIpc) is 2.69. The van der Waals surface area contributed by atoms with Crippen LogP contribution in [0.3, 0.4) is 0 Å². The Labute approximate surface area is 98.5 Å². The molecule has 0 bridgehead atoms. The smallest absolute Gasteiger partial charge is 0.271 e. The van der Waals surface area contributed by atoms with Gasteiger partial charge in [-0.05, 0) is 19.3 Å². The van der Waals surface area contributed by atoms with Crippen molar-refractivity contribution in [2.24, 2.45) is 5.84 Å². The molecular formula is C10H19F3N2S. The van der Waals surface area contributed by atoms with Crippen LogP contribution < -0.4 is 11.3 Å². The summed E-state index contributed by atoms with van der Waals surface area (Å²) in [4.78, 5) is 0. The van der Waals surface area contributed by atoms with Gasteiger partial charge in [-0.25, -0.2) is 0 Å². The topological polar surface area (TPSA) is 38.0 Å². The van der Waals surface area contributed by atoms with Crippen LogP contribution in [0.15, 0.2) is 0 Å². The van der Waals surface area contributed by atoms with Crippen molar-refractivity contribution in [3.8, 4) is 0 Å². The Balaban J connectivity index is 2.15. The number of halogens is 3. The quantitative estimate of drug-likeness (QED) is 0.567. The maximum atomic E-state index is 12.0. The second-order valence-corrected chi connectivity index (χ2v) is 5.59. The maximum Gasteiger partial charge on any atom is 0.389 e. The minimum absolute atomic E-state index is 0.0692. The molecule has 0 amide bonds. The molecule has 0 aromatic carbocycles. The van der Waals surface area contributed by atoms with Crippen LogP contribution in [0.4, 0.5) is 13.2 Å². The standard InChI is InChI=1S/C10H19F3N2S/c11-10(12,13)6-5-8(15-14)7-16-9-3-1-2-4-9/h8-9,15H,1-7,14H2. The lowest BCUT2D eigenvalue weighted by Crippen LogP contribution is -2.38. The lowest BCUT2D eigenvalue weighted by atomic mass is 10.2. The van der Waals surface area contributed by atoms with E-state index < -0.39 is 12.6 Å². The second kappa shape index (κ2) is 6.71. The first kappa shape index (κ1) is 14.1. The van der Waals surface area contributed by atoms with Gasteiger partial charge in [-0.15, -0.1) is 0 Å². The van der Waals surface area contributed by atoms with Crippen molar-refractivity contribution in [2.45, 2.75) is 56.0 Å². The molecule has 0 saturated heterocycles. The number of nitrogens with two attached hydrogens (primary N) is 1. The van der Waals surface area contributed by atoms with Crippen molar-refractivity contribution < 1.29 is 13.2 Å². The Kier molecular flexibility index (Phi) is 5.92. The summed E-state index contributed by atoms with van der Waals surface area (Å²) in [5, 5.41) is 0.627. The van der Waals surface area contributed by atoms with Crippen LogP contribution in [0.1, 0.15) is 38.5 Å². The van der Waals surface area contributed by atoms with Crippen molar-refractivity contribution in [3.05, 3.63) is 0 Å². The highest BCUT2D eigenvalue weighted by atomic mass is 32.2. The van der Waals surface area contributed by atoms with E-state index in [2.05, 4.69) is 5.43 Å². The summed E-state index contributed by atoms with van der Waals surface area (Å²) in [6.07, 6.45) is 0.129. The number of thioether (sulfide) groups is 1. The van der Waals surface area contributed by atoms with Gasteiger partial charge in [-0.2, -0.15) is 24.9 Å². The highest BCUT2D eigenvalue weighted by Gasteiger charge is 2.28. The molecule has 6 heteroatoms. The third-order valence-electron chi connectivity index (χ3n) is 2.85. The van der Waals surface area contributed by atoms with E-state index in [4.69, 9.17) is 5.84 Å². The number of hydrazine groups is 1. The highest BCUT2D eigenvalue weighted by Crippen LogP contribution is 2.30. The maximum absolute atomic E-state index is 12.0. The Hall–Kier alpha value is 0.0600. The number of alkyl halides is 3. The molecule has 0 spiro atoms. The first-order valence-corrected chi connectivity index (χ1v) is 6.70. The Bertz CT molecular complexity index is 193. The van der Waals surface area contributed by atoms with E-state index in [0.29, 0.717) is 11.0 Å². The van der Waals surface area contributed by atoms with Gasteiger partial charge in [-0.1, -0.05) is 12.8 Å². The Morgan fingerprint density at radius 2 is 1.94 bits per heavy atom. The van der Waals surface area contributed by atoms with Crippen LogP contribution in [0.25, 0.3) is 0 Å². The highest BCUT2D eigenvalue weighted by molar-refractivity contribution is 7.99. The first-order chi connectivity index (χ1) is 7.51. The minimum atomic E-state index is -4.08. The predicted molar refractivity (Wildman–Crippen MR) is 61.1 cm³/mol. The van der Waals surface area contributed by atoms with Crippen LogP contribution in [0, 0.1) is 0 Å². The fraction of sp³-hybridized carbons (Fsp3) is 1.00. The van der Waals surface area contributed by atoms with Crippen molar-refractivity contribution in [2.75, 3.05) is 5.75 Å². The molecule has 1 fully saturated rings. The molecule has 3 N–H and O–H groups in total. The van der Waals surface area contributed by atoms with Gasteiger partial charge in [0.1, 0.15) is 0 Å². The lowest BCUT2D eigenvalue weighted by molar-refractivity contribution is -0.136. The molecule has 1 aliphatic rings. The number of rotatable bonds is 6. The monoisotopic (exact) mass is 256 g/mol. The molecule has 0 heterocycles. The summed E-state index contributed by atoms with van der Waals surface area (Å²) in [6.45, 7) is 0. The molecule has 2 nitrogen and oxygen atoms in total. The van der Waals surface area contributed by atoms with E-state index in [1.165, 1.54) is 25.7 Å². The van der Waals surface area contributed by atoms with Gasteiger partial charge in [-0.3, -0.25) is 11.3 Å². The number of hydrogen-bond acceptors (Lipinski definition) is 3. The molecule has 16 heavy (non-hydrogen) atoms. The van der Waals surface area contributed by atoms with E-state index in [9.17, 15) is 13.2 Å². The van der Waals surface area contributed by atoms with Crippen molar-refractivity contribution in [1.82, 2.24) is 5.43 Å². The largest absolute Gasteiger partial charge is 0.389 e. The summed E-state index contributed by atoms with van der Waals surface area (Å²) in [5.41, 5.74) is 2.48. The summed E-state index contributed by atoms with van der Waals surface area (Å²) in [7, 11) is 0. The van der Waals surface area contributed by atoms with Crippen LogP contribution in [-0.4, -0.2) is 23.2 Å². The summed E-state index contributed by atoms with van der Waals surface area (Å²) in [6, 6.07) is -0.229. The van der Waals surface area contributed by atoms with E-state index >= 15 is 0 Å². The SMILES string of the molecule is NNC(CCC(F)(F)F)CSC1CCCC1.